The Hall–Kier alpha value is -2.97. The van der Waals surface area contributed by atoms with Crippen LogP contribution in [0.2, 0.25) is 5.02 Å². The molecule has 1 N–H and O–H groups in total. The van der Waals surface area contributed by atoms with Gasteiger partial charge in [-0.1, -0.05) is 17.7 Å². The molecular formula is C22H21ClFN5O2. The van der Waals surface area contributed by atoms with Gasteiger partial charge in [-0.25, -0.2) is 19.2 Å². The topological polar surface area (TPSA) is 70.6 Å². The highest BCUT2D eigenvalue weighted by molar-refractivity contribution is 6.31. The molecular weight excluding hydrogens is 421 g/mol. The molecule has 0 saturated carbocycles. The fourth-order valence-electron chi connectivity index (χ4n) is 4.09. The van der Waals surface area contributed by atoms with Gasteiger partial charge in [-0.15, -0.1) is 0 Å². The van der Waals surface area contributed by atoms with E-state index in [0.29, 0.717) is 35.0 Å². The summed E-state index contributed by atoms with van der Waals surface area (Å²) in [5.74, 6) is -0.137. The van der Waals surface area contributed by atoms with Crippen molar-refractivity contribution in [3.05, 3.63) is 53.6 Å². The number of aromatic nitrogens is 2. The number of ether oxygens (including phenoxy) is 1. The normalized spacial score (nSPS) is 18.0. The van der Waals surface area contributed by atoms with Crippen molar-refractivity contribution in [2.45, 2.75) is 25.5 Å². The van der Waals surface area contributed by atoms with Crippen LogP contribution in [0.25, 0.3) is 10.9 Å². The SMILES string of the molecule is CC(C)N1CC2(CN(c3ccc4ncnc(Nc5cccc(Cl)c5F)c4c3)C(=O)O2)C1. The number of halogens is 2. The van der Waals surface area contributed by atoms with Crippen molar-refractivity contribution in [3.8, 4) is 0 Å². The maximum atomic E-state index is 14.4. The molecule has 3 heterocycles. The van der Waals surface area contributed by atoms with Crippen molar-refractivity contribution >= 4 is 45.8 Å². The maximum absolute atomic E-state index is 14.4. The molecule has 2 aliphatic heterocycles. The summed E-state index contributed by atoms with van der Waals surface area (Å²) in [4.78, 5) is 25.1. The zero-order valence-corrected chi connectivity index (χ0v) is 17.9. The number of hydrogen-bond donors (Lipinski definition) is 1. The van der Waals surface area contributed by atoms with Crippen molar-refractivity contribution in [1.82, 2.24) is 14.9 Å². The Morgan fingerprint density at radius 1 is 1.19 bits per heavy atom. The summed E-state index contributed by atoms with van der Waals surface area (Å²) in [6.07, 6.45) is 1.04. The third kappa shape index (κ3) is 3.45. The number of carbonyl (C=O) groups excluding carboxylic acids is 1. The zero-order chi connectivity index (χ0) is 21.8. The van der Waals surface area contributed by atoms with Crippen LogP contribution in [0.3, 0.4) is 0 Å². The number of hydrogen-bond acceptors (Lipinski definition) is 6. The number of nitrogens with one attached hydrogen (secondary N) is 1. The Morgan fingerprint density at radius 2 is 2.00 bits per heavy atom. The minimum Gasteiger partial charge on any atom is -0.438 e. The fourth-order valence-corrected chi connectivity index (χ4v) is 4.26. The highest BCUT2D eigenvalue weighted by Gasteiger charge is 2.54. The molecule has 7 nitrogen and oxygen atoms in total. The Labute approximate surface area is 183 Å². The van der Waals surface area contributed by atoms with E-state index in [-0.39, 0.29) is 16.8 Å². The molecule has 2 saturated heterocycles. The molecule has 0 bridgehead atoms. The van der Waals surface area contributed by atoms with E-state index >= 15 is 0 Å². The van der Waals surface area contributed by atoms with Crippen LogP contribution in [-0.2, 0) is 4.74 Å². The Kier molecular flexibility index (Phi) is 4.71. The highest BCUT2D eigenvalue weighted by Crippen LogP contribution is 2.37. The van der Waals surface area contributed by atoms with E-state index in [9.17, 15) is 9.18 Å². The smallest absolute Gasteiger partial charge is 0.415 e. The second-order valence-electron chi connectivity index (χ2n) is 8.29. The Bertz CT molecular complexity index is 1180. The Morgan fingerprint density at radius 3 is 2.77 bits per heavy atom. The molecule has 0 aliphatic carbocycles. The van der Waals surface area contributed by atoms with Gasteiger partial charge in [0.2, 0.25) is 0 Å². The lowest BCUT2D eigenvalue weighted by atomic mass is 9.92. The van der Waals surface area contributed by atoms with Gasteiger partial charge in [0.25, 0.3) is 0 Å². The summed E-state index contributed by atoms with van der Waals surface area (Å²) < 4.78 is 20.1. The van der Waals surface area contributed by atoms with Gasteiger partial charge in [0.15, 0.2) is 11.4 Å². The average molecular weight is 442 g/mol. The van der Waals surface area contributed by atoms with E-state index in [0.717, 1.165) is 13.1 Å². The molecule has 1 spiro atoms. The largest absolute Gasteiger partial charge is 0.438 e. The van der Waals surface area contributed by atoms with Gasteiger partial charge in [0.05, 0.1) is 22.8 Å². The lowest BCUT2D eigenvalue weighted by Crippen LogP contribution is -2.65. The van der Waals surface area contributed by atoms with E-state index in [4.69, 9.17) is 16.3 Å². The van der Waals surface area contributed by atoms with Crippen molar-refractivity contribution in [3.63, 3.8) is 0 Å². The molecule has 0 unspecified atom stereocenters. The standard InChI is InChI=1S/C22H21ClFN5O2/c1-13(2)28-9-22(10-28)11-29(21(30)31-22)14-6-7-17-15(8-14)20(26-12-25-17)27-18-5-3-4-16(23)19(18)24/h3-8,12-13H,9-11H2,1-2H3,(H,25,26,27). The molecule has 2 aliphatic rings. The first-order chi connectivity index (χ1) is 14.8. The maximum Gasteiger partial charge on any atom is 0.415 e. The number of anilines is 3. The van der Waals surface area contributed by atoms with E-state index in [1.54, 1.807) is 17.0 Å². The first kappa shape index (κ1) is 20.0. The fraction of sp³-hybridized carbons (Fsp3) is 0.318. The van der Waals surface area contributed by atoms with Crippen molar-refractivity contribution in [1.29, 1.82) is 0 Å². The molecule has 1 aromatic heterocycles. The molecule has 31 heavy (non-hydrogen) atoms. The van der Waals surface area contributed by atoms with Gasteiger partial charge in [0, 0.05) is 30.2 Å². The van der Waals surface area contributed by atoms with Crippen LogP contribution in [-0.4, -0.2) is 52.2 Å². The molecule has 0 radical (unpaired) electrons. The van der Waals surface area contributed by atoms with Crippen molar-refractivity contribution < 1.29 is 13.9 Å². The van der Waals surface area contributed by atoms with Gasteiger partial charge >= 0.3 is 6.09 Å². The number of fused-ring (bicyclic) bond motifs is 1. The lowest BCUT2D eigenvalue weighted by Gasteiger charge is -2.47. The van der Waals surface area contributed by atoms with Gasteiger partial charge in [-0.3, -0.25) is 9.80 Å². The minimum absolute atomic E-state index is 0.0186. The molecule has 0 atom stereocenters. The third-order valence-corrected chi connectivity index (χ3v) is 6.11. The quantitative estimate of drug-likeness (QED) is 0.638. The molecule has 2 fully saturated rings. The molecule has 2 aromatic carbocycles. The number of nitrogens with zero attached hydrogens (tertiary/aromatic N) is 4. The van der Waals surface area contributed by atoms with Crippen LogP contribution >= 0.6 is 11.6 Å². The summed E-state index contributed by atoms with van der Waals surface area (Å²) in [5.41, 5.74) is 1.09. The minimum atomic E-state index is -0.558. The van der Waals surface area contributed by atoms with Crippen LogP contribution in [0.5, 0.6) is 0 Å². The van der Waals surface area contributed by atoms with Crippen LogP contribution < -0.4 is 10.2 Å². The number of carbonyl (C=O) groups is 1. The second kappa shape index (κ2) is 7.32. The van der Waals surface area contributed by atoms with Crippen LogP contribution in [0.4, 0.5) is 26.4 Å². The highest BCUT2D eigenvalue weighted by atomic mass is 35.5. The van der Waals surface area contributed by atoms with Crippen LogP contribution in [0.1, 0.15) is 13.8 Å². The van der Waals surface area contributed by atoms with E-state index < -0.39 is 11.4 Å². The van der Waals surface area contributed by atoms with Gasteiger partial charge < -0.3 is 10.1 Å². The van der Waals surface area contributed by atoms with E-state index in [1.165, 1.54) is 12.4 Å². The third-order valence-electron chi connectivity index (χ3n) is 5.82. The van der Waals surface area contributed by atoms with Crippen LogP contribution in [0.15, 0.2) is 42.7 Å². The number of rotatable bonds is 4. The van der Waals surface area contributed by atoms with Gasteiger partial charge in [-0.2, -0.15) is 0 Å². The summed E-state index contributed by atoms with van der Waals surface area (Å²) in [6.45, 7) is 6.19. The van der Waals surface area contributed by atoms with Crippen LogP contribution in [0, 0.1) is 5.82 Å². The van der Waals surface area contributed by atoms with Crippen molar-refractivity contribution in [2.75, 3.05) is 29.9 Å². The van der Waals surface area contributed by atoms with Gasteiger partial charge in [0.1, 0.15) is 12.1 Å². The molecule has 160 valence electrons. The van der Waals surface area contributed by atoms with Gasteiger partial charge in [-0.05, 0) is 44.2 Å². The Balaban J connectivity index is 1.46. The second-order valence-corrected chi connectivity index (χ2v) is 8.69. The summed E-state index contributed by atoms with van der Waals surface area (Å²) in [6, 6.07) is 10.6. The molecule has 9 heteroatoms. The summed E-state index contributed by atoms with van der Waals surface area (Å²) >= 11 is 5.89. The number of likely N-dealkylation sites (tertiary alicyclic amines) is 1. The molecule has 3 aromatic rings. The first-order valence-electron chi connectivity index (χ1n) is 10.1. The van der Waals surface area contributed by atoms with E-state index in [1.807, 2.05) is 18.2 Å². The first-order valence-corrected chi connectivity index (χ1v) is 10.4. The lowest BCUT2D eigenvalue weighted by molar-refractivity contribution is -0.0856. The van der Waals surface area contributed by atoms with Crippen molar-refractivity contribution in [2.24, 2.45) is 0 Å². The summed E-state index contributed by atoms with van der Waals surface area (Å²) in [7, 11) is 0. The monoisotopic (exact) mass is 441 g/mol. The average Bonchev–Trinajstić information content (AvgIpc) is 3.08. The van der Waals surface area contributed by atoms with E-state index in [2.05, 4.69) is 34.0 Å². The predicted molar refractivity (Wildman–Crippen MR) is 117 cm³/mol. The predicted octanol–water partition coefficient (Wildman–Crippen LogP) is 4.59. The number of benzene rings is 2. The number of amides is 1. The summed E-state index contributed by atoms with van der Waals surface area (Å²) in [5, 5.41) is 3.67. The molecule has 1 amide bonds. The zero-order valence-electron chi connectivity index (χ0n) is 17.1. The molecule has 5 rings (SSSR count).